The molecule has 0 aromatic carbocycles. The molecular weight excluding hydrogens is 400 g/mol. The third kappa shape index (κ3) is 5.24. The number of anilines is 2. The molecule has 0 bridgehead atoms. The summed E-state index contributed by atoms with van der Waals surface area (Å²) in [6, 6.07) is 8.39. The highest BCUT2D eigenvalue weighted by Crippen LogP contribution is 2.22. The maximum absolute atomic E-state index is 4.31. The zero-order chi connectivity index (χ0) is 20.1. The molecule has 0 N–H and O–H groups in total. The second-order valence-electron chi connectivity index (χ2n) is 7.64. The number of aryl methyl sites for hydroxylation is 2. The molecule has 2 fully saturated rings. The van der Waals surface area contributed by atoms with Crippen LogP contribution in [0.2, 0.25) is 0 Å². The van der Waals surface area contributed by atoms with Gasteiger partial charge in [-0.05, 0) is 36.9 Å². The van der Waals surface area contributed by atoms with Crippen molar-refractivity contribution in [3.63, 3.8) is 0 Å². The van der Waals surface area contributed by atoms with Gasteiger partial charge in [-0.3, -0.25) is 0 Å². The number of pyridine rings is 2. The second-order valence-corrected chi connectivity index (χ2v) is 7.64. The zero-order valence-electron chi connectivity index (χ0n) is 17.7. The van der Waals surface area contributed by atoms with Gasteiger partial charge in [0.2, 0.25) is 0 Å². The maximum atomic E-state index is 4.31. The first kappa shape index (κ1) is 22.0. The van der Waals surface area contributed by atoms with Crippen LogP contribution in [0.5, 0.6) is 0 Å². The van der Waals surface area contributed by atoms with E-state index in [1.54, 1.807) is 0 Å². The molecular formula is C21H29ClN8. The number of nitrogens with zero attached hydrogens (tertiary/aromatic N) is 8. The lowest BCUT2D eigenvalue weighted by Crippen LogP contribution is -3.00. The van der Waals surface area contributed by atoms with E-state index in [2.05, 4.69) is 54.5 Å². The minimum atomic E-state index is 0. The highest BCUT2D eigenvalue weighted by Gasteiger charge is 2.16. The van der Waals surface area contributed by atoms with Crippen LogP contribution < -0.4 is 32.3 Å². The second kappa shape index (κ2) is 10.3. The Morgan fingerprint density at radius 3 is 2.23 bits per heavy atom. The number of hydrogen-bond acceptors (Lipinski definition) is 5. The van der Waals surface area contributed by atoms with E-state index in [1.807, 2.05) is 35.6 Å². The molecule has 0 aliphatic carbocycles. The van der Waals surface area contributed by atoms with Gasteiger partial charge in [-0.2, -0.15) is 0 Å². The van der Waals surface area contributed by atoms with Crippen LogP contribution in [0.1, 0.15) is 25.7 Å². The lowest BCUT2D eigenvalue weighted by molar-refractivity contribution is -0.658. The normalized spacial score (nSPS) is 17.5. The van der Waals surface area contributed by atoms with Crippen molar-refractivity contribution in [2.45, 2.75) is 25.7 Å². The first-order valence-electron chi connectivity index (χ1n) is 10.3. The van der Waals surface area contributed by atoms with E-state index >= 15 is 0 Å². The summed E-state index contributed by atoms with van der Waals surface area (Å²) in [7, 11) is 3.93. The SMILES string of the molecule is Cn1ccc(N2CCCC2)cc1=NN=CN=Nc1cc(N2CCCC2)cc[n+]1C.[Cl-]. The molecule has 2 saturated heterocycles. The zero-order valence-corrected chi connectivity index (χ0v) is 18.4. The minimum absolute atomic E-state index is 0. The molecule has 0 spiro atoms. The van der Waals surface area contributed by atoms with Gasteiger partial charge in [-0.15, -0.1) is 10.2 Å². The van der Waals surface area contributed by atoms with Crippen molar-refractivity contribution in [1.29, 1.82) is 0 Å². The summed E-state index contributed by atoms with van der Waals surface area (Å²) in [5, 5.41) is 16.8. The van der Waals surface area contributed by atoms with Gasteiger partial charge in [0.25, 0.3) is 0 Å². The smallest absolute Gasteiger partial charge is 0.352 e. The van der Waals surface area contributed by atoms with Gasteiger partial charge >= 0.3 is 5.82 Å². The molecule has 30 heavy (non-hydrogen) atoms. The van der Waals surface area contributed by atoms with Crippen molar-refractivity contribution >= 4 is 23.5 Å². The Kier molecular flexibility index (Phi) is 7.57. The molecule has 160 valence electrons. The van der Waals surface area contributed by atoms with Crippen LogP contribution in [0.3, 0.4) is 0 Å². The number of rotatable bonds is 5. The fourth-order valence-corrected chi connectivity index (χ4v) is 3.83. The average molecular weight is 429 g/mol. The number of hydrogen-bond donors (Lipinski definition) is 0. The number of halogens is 1. The van der Waals surface area contributed by atoms with Crippen molar-refractivity contribution in [2.24, 2.45) is 34.5 Å². The van der Waals surface area contributed by atoms with E-state index in [1.165, 1.54) is 43.4 Å². The van der Waals surface area contributed by atoms with E-state index in [0.717, 1.165) is 37.5 Å². The van der Waals surface area contributed by atoms with Crippen molar-refractivity contribution in [2.75, 3.05) is 36.0 Å². The molecule has 4 rings (SSSR count). The summed E-state index contributed by atoms with van der Waals surface area (Å²) < 4.78 is 3.90. The van der Waals surface area contributed by atoms with Gasteiger partial charge in [0.1, 0.15) is 0 Å². The van der Waals surface area contributed by atoms with Gasteiger partial charge in [0.15, 0.2) is 11.8 Å². The lowest BCUT2D eigenvalue weighted by atomic mass is 10.3. The topological polar surface area (TPSA) is 64.7 Å². The molecule has 2 aliphatic rings. The highest BCUT2D eigenvalue weighted by atomic mass is 35.5. The van der Waals surface area contributed by atoms with Crippen LogP contribution in [-0.4, -0.2) is 37.1 Å². The molecule has 4 heterocycles. The van der Waals surface area contributed by atoms with E-state index in [9.17, 15) is 0 Å². The van der Waals surface area contributed by atoms with Crippen LogP contribution in [0.4, 0.5) is 17.2 Å². The van der Waals surface area contributed by atoms with Gasteiger partial charge < -0.3 is 26.8 Å². The molecule has 0 atom stereocenters. The van der Waals surface area contributed by atoms with Crippen molar-refractivity contribution in [3.05, 3.63) is 42.1 Å². The molecule has 0 radical (unpaired) electrons. The van der Waals surface area contributed by atoms with Gasteiger partial charge in [-0.1, -0.05) is 0 Å². The molecule has 8 nitrogen and oxygen atoms in total. The molecule has 2 aromatic heterocycles. The number of azo groups is 1. The van der Waals surface area contributed by atoms with Crippen LogP contribution in [0.15, 0.2) is 57.1 Å². The molecule has 2 aliphatic heterocycles. The molecule has 0 amide bonds. The van der Waals surface area contributed by atoms with Gasteiger partial charge in [-0.25, -0.2) is 4.57 Å². The van der Waals surface area contributed by atoms with Crippen molar-refractivity contribution < 1.29 is 17.0 Å². The summed E-state index contributed by atoms with van der Waals surface area (Å²) in [6.45, 7) is 4.44. The lowest BCUT2D eigenvalue weighted by Gasteiger charge is -2.17. The van der Waals surface area contributed by atoms with Gasteiger partial charge in [0, 0.05) is 62.9 Å². The standard InChI is InChI=1S/C21H29N8.ClH/c1-26-13-7-18(28-9-3-4-10-28)15-20(26)24-22-17-23-25-21-16-19(8-14-27(21)2)29-11-5-6-12-29;/h7-8,13-17H,3-6,9-12H2,1-2H3;1H/q+1;/p-1. The summed E-state index contributed by atoms with van der Waals surface area (Å²) in [4.78, 5) is 4.77. The molecule has 0 saturated carbocycles. The Hall–Kier alpha value is -2.74. The Morgan fingerprint density at radius 1 is 0.933 bits per heavy atom. The number of aromatic nitrogens is 2. The average Bonchev–Trinajstić information content (AvgIpc) is 3.44. The Labute approximate surface area is 183 Å². The van der Waals surface area contributed by atoms with E-state index < -0.39 is 0 Å². The van der Waals surface area contributed by atoms with Crippen LogP contribution >= 0.6 is 0 Å². The third-order valence-corrected chi connectivity index (χ3v) is 5.58. The monoisotopic (exact) mass is 428 g/mol. The highest BCUT2D eigenvalue weighted by molar-refractivity contribution is 5.55. The first-order valence-corrected chi connectivity index (χ1v) is 10.3. The van der Waals surface area contributed by atoms with Crippen LogP contribution in [0.25, 0.3) is 0 Å². The molecule has 2 aromatic rings. The quantitative estimate of drug-likeness (QED) is 0.215. The Bertz CT molecular complexity index is 969. The predicted molar refractivity (Wildman–Crippen MR) is 114 cm³/mol. The Morgan fingerprint density at radius 2 is 1.57 bits per heavy atom. The van der Waals surface area contributed by atoms with Crippen LogP contribution in [-0.2, 0) is 14.1 Å². The van der Waals surface area contributed by atoms with Crippen molar-refractivity contribution in [1.82, 2.24) is 4.57 Å². The third-order valence-electron chi connectivity index (χ3n) is 5.58. The fraction of sp³-hybridized carbons (Fsp3) is 0.476. The fourth-order valence-electron chi connectivity index (χ4n) is 3.83. The largest absolute Gasteiger partial charge is 1.00 e. The summed E-state index contributed by atoms with van der Waals surface area (Å²) in [5.41, 5.74) is 3.19. The predicted octanol–water partition coefficient (Wildman–Crippen LogP) is -0.318. The summed E-state index contributed by atoms with van der Waals surface area (Å²) >= 11 is 0. The van der Waals surface area contributed by atoms with Crippen LogP contribution in [0, 0.1) is 0 Å². The maximum Gasteiger partial charge on any atom is 0.352 e. The van der Waals surface area contributed by atoms with E-state index in [0.29, 0.717) is 0 Å². The summed E-state index contributed by atoms with van der Waals surface area (Å²) in [6.07, 6.45) is 10.4. The summed E-state index contributed by atoms with van der Waals surface area (Å²) in [5.74, 6) is 0.794. The molecule has 9 heteroatoms. The van der Waals surface area contributed by atoms with E-state index in [4.69, 9.17) is 0 Å². The minimum Gasteiger partial charge on any atom is -1.00 e. The first-order chi connectivity index (χ1) is 14.2. The van der Waals surface area contributed by atoms with E-state index in [-0.39, 0.29) is 12.4 Å². The van der Waals surface area contributed by atoms with Crippen molar-refractivity contribution in [3.8, 4) is 0 Å². The van der Waals surface area contributed by atoms with Gasteiger partial charge in [0.05, 0.1) is 24.4 Å². The Balaban J connectivity index is 0.00000256. The molecule has 0 unspecified atom stereocenters.